The standard InChI is InChI=1S/C22H23N3O5/c1-14(30-17-9-5-7-15-8-6-10-23-21(15)17)22(26)25-24-13-16-11-19(28-3)20(29-4)12-18(16)27-2/h5-14H,1-4H3,(H,25,26)/b24-13-/t14-/m1/s1. The first-order valence-corrected chi connectivity index (χ1v) is 9.20. The van der Waals surface area contributed by atoms with E-state index in [-0.39, 0.29) is 0 Å². The molecule has 0 fully saturated rings. The number of para-hydroxylation sites is 1. The van der Waals surface area contributed by atoms with Gasteiger partial charge in [-0.05, 0) is 25.1 Å². The number of ether oxygens (including phenoxy) is 4. The van der Waals surface area contributed by atoms with Crippen LogP contribution in [0.5, 0.6) is 23.0 Å². The average molecular weight is 409 g/mol. The molecule has 0 spiro atoms. The van der Waals surface area contributed by atoms with Gasteiger partial charge in [0, 0.05) is 23.2 Å². The predicted octanol–water partition coefficient (Wildman–Crippen LogP) is 3.18. The van der Waals surface area contributed by atoms with Crippen LogP contribution < -0.4 is 24.4 Å². The Morgan fingerprint density at radius 2 is 1.70 bits per heavy atom. The lowest BCUT2D eigenvalue weighted by molar-refractivity contribution is -0.127. The SMILES string of the molecule is COc1cc(OC)c(OC)cc1/C=N\NC(=O)[C@@H](C)Oc1cccc2cccnc12. The molecule has 156 valence electrons. The summed E-state index contributed by atoms with van der Waals surface area (Å²) in [4.78, 5) is 16.7. The molecule has 3 rings (SSSR count). The minimum absolute atomic E-state index is 0.404. The third-order valence-electron chi connectivity index (χ3n) is 4.38. The first kappa shape index (κ1) is 20.9. The lowest BCUT2D eigenvalue weighted by atomic mass is 10.2. The molecule has 0 radical (unpaired) electrons. The van der Waals surface area contributed by atoms with Crippen molar-refractivity contribution in [3.05, 3.63) is 54.2 Å². The Hall–Kier alpha value is -3.81. The first-order chi connectivity index (χ1) is 14.6. The van der Waals surface area contributed by atoms with Gasteiger partial charge in [-0.1, -0.05) is 18.2 Å². The van der Waals surface area contributed by atoms with E-state index in [9.17, 15) is 4.79 Å². The highest BCUT2D eigenvalue weighted by molar-refractivity contribution is 5.88. The number of nitrogens with one attached hydrogen (secondary N) is 1. The molecule has 1 N–H and O–H groups in total. The van der Waals surface area contributed by atoms with Gasteiger partial charge >= 0.3 is 0 Å². The molecular formula is C22H23N3O5. The van der Waals surface area contributed by atoms with Crippen molar-refractivity contribution in [2.45, 2.75) is 13.0 Å². The van der Waals surface area contributed by atoms with Gasteiger partial charge < -0.3 is 18.9 Å². The third kappa shape index (κ3) is 4.60. The van der Waals surface area contributed by atoms with E-state index in [1.54, 1.807) is 31.3 Å². The number of hydrazone groups is 1. The predicted molar refractivity (Wildman–Crippen MR) is 114 cm³/mol. The van der Waals surface area contributed by atoms with Crippen LogP contribution in [0.3, 0.4) is 0 Å². The first-order valence-electron chi connectivity index (χ1n) is 9.20. The lowest BCUT2D eigenvalue weighted by Crippen LogP contribution is -2.33. The molecule has 3 aromatic rings. The number of pyridine rings is 1. The zero-order chi connectivity index (χ0) is 21.5. The van der Waals surface area contributed by atoms with E-state index in [1.165, 1.54) is 27.5 Å². The van der Waals surface area contributed by atoms with Crippen LogP contribution in [-0.4, -0.2) is 44.5 Å². The fourth-order valence-electron chi connectivity index (χ4n) is 2.83. The second kappa shape index (κ2) is 9.60. The number of methoxy groups -OCH3 is 3. The highest BCUT2D eigenvalue weighted by Gasteiger charge is 2.16. The van der Waals surface area contributed by atoms with Gasteiger partial charge in [0.2, 0.25) is 0 Å². The van der Waals surface area contributed by atoms with Crippen molar-refractivity contribution < 1.29 is 23.7 Å². The van der Waals surface area contributed by atoms with Crippen LogP contribution in [0, 0.1) is 0 Å². The highest BCUT2D eigenvalue weighted by atomic mass is 16.5. The van der Waals surface area contributed by atoms with Crippen molar-refractivity contribution in [1.82, 2.24) is 10.4 Å². The number of fused-ring (bicyclic) bond motifs is 1. The molecule has 0 unspecified atom stereocenters. The van der Waals surface area contributed by atoms with E-state index in [0.717, 1.165) is 5.39 Å². The van der Waals surface area contributed by atoms with Gasteiger partial charge in [-0.15, -0.1) is 0 Å². The molecule has 8 heteroatoms. The van der Waals surface area contributed by atoms with Crippen molar-refractivity contribution in [2.75, 3.05) is 21.3 Å². The van der Waals surface area contributed by atoms with Gasteiger partial charge in [0.1, 0.15) is 17.0 Å². The van der Waals surface area contributed by atoms with Gasteiger partial charge in [-0.25, -0.2) is 5.43 Å². The second-order valence-corrected chi connectivity index (χ2v) is 6.27. The Bertz CT molecular complexity index is 1060. The summed E-state index contributed by atoms with van der Waals surface area (Å²) in [5, 5.41) is 4.94. The Labute approximate surface area is 174 Å². The number of carbonyl (C=O) groups is 1. The minimum Gasteiger partial charge on any atom is -0.496 e. The number of hydrogen-bond acceptors (Lipinski definition) is 7. The van der Waals surface area contributed by atoms with Gasteiger partial charge in [0.15, 0.2) is 17.6 Å². The van der Waals surface area contributed by atoms with Gasteiger partial charge in [-0.3, -0.25) is 9.78 Å². The smallest absolute Gasteiger partial charge is 0.280 e. The summed E-state index contributed by atoms with van der Waals surface area (Å²) in [5.41, 5.74) is 3.78. The normalized spacial score (nSPS) is 11.9. The van der Waals surface area contributed by atoms with Gasteiger partial charge in [0.25, 0.3) is 5.91 Å². The monoisotopic (exact) mass is 409 g/mol. The maximum absolute atomic E-state index is 12.4. The molecule has 30 heavy (non-hydrogen) atoms. The largest absolute Gasteiger partial charge is 0.496 e. The van der Waals surface area contributed by atoms with E-state index in [1.807, 2.05) is 24.3 Å². The molecule has 0 saturated carbocycles. The zero-order valence-electron chi connectivity index (χ0n) is 17.2. The Morgan fingerprint density at radius 1 is 1.00 bits per heavy atom. The third-order valence-corrected chi connectivity index (χ3v) is 4.38. The average Bonchev–Trinajstić information content (AvgIpc) is 2.78. The quantitative estimate of drug-likeness (QED) is 0.454. The van der Waals surface area contributed by atoms with Gasteiger partial charge in [-0.2, -0.15) is 5.10 Å². The molecule has 1 atom stereocenters. The lowest BCUT2D eigenvalue weighted by Gasteiger charge is -2.14. The van der Waals surface area contributed by atoms with E-state index in [0.29, 0.717) is 34.1 Å². The van der Waals surface area contributed by atoms with E-state index in [2.05, 4.69) is 15.5 Å². The number of hydrogen-bond donors (Lipinski definition) is 1. The molecule has 0 aliphatic carbocycles. The number of benzene rings is 2. The Kier molecular flexibility index (Phi) is 6.69. The molecule has 1 heterocycles. The van der Waals surface area contributed by atoms with Crippen LogP contribution in [0.2, 0.25) is 0 Å². The fourth-order valence-corrected chi connectivity index (χ4v) is 2.83. The Morgan fingerprint density at radius 3 is 2.43 bits per heavy atom. The number of amides is 1. The Balaban J connectivity index is 1.70. The maximum atomic E-state index is 12.4. The van der Waals surface area contributed by atoms with Crippen molar-refractivity contribution in [3.8, 4) is 23.0 Å². The summed E-state index contributed by atoms with van der Waals surface area (Å²) in [7, 11) is 4.61. The van der Waals surface area contributed by atoms with Crippen LogP contribution in [0.25, 0.3) is 10.9 Å². The zero-order valence-corrected chi connectivity index (χ0v) is 17.2. The second-order valence-electron chi connectivity index (χ2n) is 6.27. The summed E-state index contributed by atoms with van der Waals surface area (Å²) in [6, 6.07) is 12.7. The summed E-state index contributed by atoms with van der Waals surface area (Å²) >= 11 is 0. The molecule has 8 nitrogen and oxygen atoms in total. The van der Waals surface area contributed by atoms with E-state index < -0.39 is 12.0 Å². The molecule has 0 aliphatic heterocycles. The molecule has 1 amide bonds. The van der Waals surface area contributed by atoms with E-state index in [4.69, 9.17) is 18.9 Å². The summed E-state index contributed by atoms with van der Waals surface area (Å²) in [6.45, 7) is 1.64. The van der Waals surface area contributed by atoms with Crippen molar-refractivity contribution in [2.24, 2.45) is 5.10 Å². The van der Waals surface area contributed by atoms with Crippen LogP contribution in [0.1, 0.15) is 12.5 Å². The van der Waals surface area contributed by atoms with Crippen molar-refractivity contribution >= 4 is 23.0 Å². The number of rotatable bonds is 8. The van der Waals surface area contributed by atoms with Crippen molar-refractivity contribution in [1.29, 1.82) is 0 Å². The topological polar surface area (TPSA) is 91.3 Å². The van der Waals surface area contributed by atoms with Gasteiger partial charge in [0.05, 0.1) is 27.5 Å². The fraction of sp³-hybridized carbons (Fsp3) is 0.227. The van der Waals surface area contributed by atoms with E-state index >= 15 is 0 Å². The molecule has 1 aromatic heterocycles. The van der Waals surface area contributed by atoms with Crippen LogP contribution in [-0.2, 0) is 4.79 Å². The molecule has 0 saturated heterocycles. The molecular weight excluding hydrogens is 386 g/mol. The van der Waals surface area contributed by atoms with Crippen LogP contribution in [0.4, 0.5) is 0 Å². The molecule has 2 aromatic carbocycles. The highest BCUT2D eigenvalue weighted by Crippen LogP contribution is 2.33. The number of carbonyl (C=O) groups excluding carboxylic acids is 1. The van der Waals surface area contributed by atoms with Crippen molar-refractivity contribution in [3.63, 3.8) is 0 Å². The number of aromatic nitrogens is 1. The number of nitrogens with zero attached hydrogens (tertiary/aromatic N) is 2. The summed E-state index contributed by atoms with van der Waals surface area (Å²) < 4.78 is 21.7. The van der Waals surface area contributed by atoms with Crippen LogP contribution >= 0.6 is 0 Å². The molecule has 0 aliphatic rings. The maximum Gasteiger partial charge on any atom is 0.280 e. The van der Waals surface area contributed by atoms with Crippen LogP contribution in [0.15, 0.2) is 53.8 Å². The summed E-state index contributed by atoms with van der Waals surface area (Å²) in [6.07, 6.45) is 2.37. The molecule has 0 bridgehead atoms. The summed E-state index contributed by atoms with van der Waals surface area (Å²) in [5.74, 6) is 1.70. The minimum atomic E-state index is -0.776.